The number of nitrogens with one attached hydrogen (secondary N) is 1. The predicted molar refractivity (Wildman–Crippen MR) is 125 cm³/mol. The van der Waals surface area contributed by atoms with Crippen molar-refractivity contribution in [1.29, 1.82) is 0 Å². The largest absolute Gasteiger partial charge is 0.325 e. The Labute approximate surface area is 182 Å². The van der Waals surface area contributed by atoms with Crippen molar-refractivity contribution in [1.82, 2.24) is 14.8 Å². The molecule has 5 nitrogen and oxygen atoms in total. The zero-order chi connectivity index (χ0) is 21.7. The number of allylic oxidation sites excluding steroid dienone is 1. The molecule has 0 saturated heterocycles. The van der Waals surface area contributed by atoms with E-state index in [4.69, 9.17) is 0 Å². The Morgan fingerprint density at radius 3 is 2.53 bits per heavy atom. The van der Waals surface area contributed by atoms with Gasteiger partial charge >= 0.3 is 0 Å². The van der Waals surface area contributed by atoms with Crippen molar-refractivity contribution in [3.8, 4) is 11.4 Å². The Morgan fingerprint density at radius 2 is 1.87 bits per heavy atom. The number of aryl methyl sites for hydroxylation is 1. The van der Waals surface area contributed by atoms with Gasteiger partial charge < -0.3 is 5.32 Å². The number of hydrogen-bond donors (Lipinski definition) is 1. The maximum atomic E-state index is 13.0. The number of amides is 1. The van der Waals surface area contributed by atoms with Crippen LogP contribution in [0.4, 0.5) is 5.69 Å². The molecule has 0 aliphatic rings. The van der Waals surface area contributed by atoms with Crippen LogP contribution in [0, 0.1) is 6.92 Å². The van der Waals surface area contributed by atoms with Gasteiger partial charge in [0.05, 0.1) is 5.25 Å². The van der Waals surface area contributed by atoms with Crippen molar-refractivity contribution in [2.45, 2.75) is 50.6 Å². The molecular formula is C24H28N4OS. The van der Waals surface area contributed by atoms with Crippen LogP contribution in [0.2, 0.25) is 0 Å². The molecule has 156 valence electrons. The van der Waals surface area contributed by atoms with E-state index in [1.165, 1.54) is 11.8 Å². The Kier molecular flexibility index (Phi) is 7.11. The van der Waals surface area contributed by atoms with Crippen LogP contribution >= 0.6 is 11.8 Å². The van der Waals surface area contributed by atoms with Crippen molar-refractivity contribution in [2.75, 3.05) is 5.32 Å². The van der Waals surface area contributed by atoms with Crippen LogP contribution in [-0.4, -0.2) is 25.9 Å². The van der Waals surface area contributed by atoms with Gasteiger partial charge in [0.1, 0.15) is 0 Å². The van der Waals surface area contributed by atoms with E-state index in [-0.39, 0.29) is 11.2 Å². The maximum Gasteiger partial charge on any atom is 0.237 e. The number of rotatable bonds is 8. The zero-order valence-corrected chi connectivity index (χ0v) is 18.7. The van der Waals surface area contributed by atoms with Crippen LogP contribution in [0.3, 0.4) is 0 Å². The van der Waals surface area contributed by atoms with Gasteiger partial charge in [-0.25, -0.2) is 0 Å². The fraction of sp³-hybridized carbons (Fsp3) is 0.292. The maximum absolute atomic E-state index is 13.0. The standard InChI is InChI=1S/C24H28N4OS/c1-6-15-28-22(19-12-8-7-9-13-19)26-27-24(28)30-18(5)23(29)25-21-17(4)11-10-14-20(21)16(2)3/h6-14,16,18H,1,15H2,2-5H3,(H,25,29)/t18-/m0/s1. The first-order valence-electron chi connectivity index (χ1n) is 10.1. The van der Waals surface area contributed by atoms with E-state index >= 15 is 0 Å². The Hall–Kier alpha value is -2.86. The smallest absolute Gasteiger partial charge is 0.237 e. The van der Waals surface area contributed by atoms with Gasteiger partial charge in [0.15, 0.2) is 11.0 Å². The van der Waals surface area contributed by atoms with Gasteiger partial charge in [-0.05, 0) is 30.9 Å². The van der Waals surface area contributed by atoms with E-state index in [1.807, 2.05) is 67.0 Å². The van der Waals surface area contributed by atoms with Crippen molar-refractivity contribution in [3.05, 3.63) is 72.3 Å². The average Bonchev–Trinajstić information content (AvgIpc) is 3.12. The second-order valence-electron chi connectivity index (χ2n) is 7.51. The fourth-order valence-electron chi connectivity index (χ4n) is 3.25. The first-order valence-corrected chi connectivity index (χ1v) is 11.0. The average molecular weight is 421 g/mol. The summed E-state index contributed by atoms with van der Waals surface area (Å²) in [5.41, 5.74) is 4.09. The van der Waals surface area contributed by atoms with Crippen LogP contribution in [0.5, 0.6) is 0 Å². The van der Waals surface area contributed by atoms with Gasteiger partial charge in [0, 0.05) is 17.8 Å². The number of thioether (sulfide) groups is 1. The molecule has 1 aromatic heterocycles. The van der Waals surface area contributed by atoms with Gasteiger partial charge in [-0.15, -0.1) is 16.8 Å². The highest BCUT2D eigenvalue weighted by molar-refractivity contribution is 8.00. The van der Waals surface area contributed by atoms with E-state index in [9.17, 15) is 4.79 Å². The molecule has 1 N–H and O–H groups in total. The number of carbonyl (C=O) groups is 1. The van der Waals surface area contributed by atoms with E-state index in [0.717, 1.165) is 28.2 Å². The van der Waals surface area contributed by atoms with Gasteiger partial charge in [0.25, 0.3) is 0 Å². The third-order valence-corrected chi connectivity index (χ3v) is 5.97. The molecule has 1 heterocycles. The monoisotopic (exact) mass is 420 g/mol. The molecule has 3 aromatic rings. The summed E-state index contributed by atoms with van der Waals surface area (Å²) in [7, 11) is 0. The molecule has 0 spiro atoms. The topological polar surface area (TPSA) is 59.8 Å². The van der Waals surface area contributed by atoms with E-state index in [1.54, 1.807) is 0 Å². The highest BCUT2D eigenvalue weighted by Gasteiger charge is 2.22. The third-order valence-electron chi connectivity index (χ3n) is 4.89. The molecule has 0 bridgehead atoms. The summed E-state index contributed by atoms with van der Waals surface area (Å²) in [5.74, 6) is 1.05. The van der Waals surface area contributed by atoms with Gasteiger partial charge in [-0.1, -0.05) is 80.2 Å². The second-order valence-corrected chi connectivity index (χ2v) is 8.82. The third kappa shape index (κ3) is 4.82. The molecular weight excluding hydrogens is 392 g/mol. The van der Waals surface area contributed by atoms with Crippen LogP contribution in [0.25, 0.3) is 11.4 Å². The molecule has 1 amide bonds. The van der Waals surface area contributed by atoms with Crippen LogP contribution < -0.4 is 5.32 Å². The number of hydrogen-bond acceptors (Lipinski definition) is 4. The lowest BCUT2D eigenvalue weighted by Crippen LogP contribution is -2.24. The Balaban J connectivity index is 1.81. The van der Waals surface area contributed by atoms with Gasteiger partial charge in [0.2, 0.25) is 5.91 Å². The molecule has 0 unspecified atom stereocenters. The number of benzene rings is 2. The number of anilines is 1. The summed E-state index contributed by atoms with van der Waals surface area (Å²) in [6.45, 7) is 12.6. The lowest BCUT2D eigenvalue weighted by Gasteiger charge is -2.18. The zero-order valence-electron chi connectivity index (χ0n) is 17.9. The van der Waals surface area contributed by atoms with Crippen molar-refractivity contribution in [3.63, 3.8) is 0 Å². The normalized spacial score (nSPS) is 12.0. The molecule has 1 atom stereocenters. The quantitative estimate of drug-likeness (QED) is 0.376. The molecule has 2 aromatic carbocycles. The van der Waals surface area contributed by atoms with Crippen molar-refractivity contribution in [2.24, 2.45) is 0 Å². The van der Waals surface area contributed by atoms with Gasteiger partial charge in [-0.3, -0.25) is 9.36 Å². The summed E-state index contributed by atoms with van der Waals surface area (Å²) in [6, 6.07) is 16.0. The number of nitrogens with zero attached hydrogens (tertiary/aromatic N) is 3. The summed E-state index contributed by atoms with van der Waals surface area (Å²) < 4.78 is 1.99. The minimum absolute atomic E-state index is 0.0504. The number of aromatic nitrogens is 3. The highest BCUT2D eigenvalue weighted by atomic mass is 32.2. The fourth-order valence-corrected chi connectivity index (χ4v) is 4.11. The van der Waals surface area contributed by atoms with Crippen molar-refractivity contribution >= 4 is 23.4 Å². The molecule has 0 aliphatic heterocycles. The predicted octanol–water partition coefficient (Wildman–Crippen LogP) is 5.68. The molecule has 30 heavy (non-hydrogen) atoms. The molecule has 0 aliphatic carbocycles. The van der Waals surface area contributed by atoms with Crippen molar-refractivity contribution < 1.29 is 4.79 Å². The highest BCUT2D eigenvalue weighted by Crippen LogP contribution is 2.30. The summed E-state index contributed by atoms with van der Waals surface area (Å²) >= 11 is 1.40. The minimum Gasteiger partial charge on any atom is -0.325 e. The molecule has 6 heteroatoms. The minimum atomic E-state index is -0.332. The summed E-state index contributed by atoms with van der Waals surface area (Å²) in [5, 5.41) is 12.2. The van der Waals surface area contributed by atoms with E-state index < -0.39 is 0 Å². The van der Waals surface area contributed by atoms with E-state index in [2.05, 4.69) is 42.0 Å². The SMILES string of the molecule is C=CCn1c(S[C@@H](C)C(=O)Nc2c(C)cccc2C(C)C)nnc1-c1ccccc1. The first kappa shape index (κ1) is 21.8. The van der Waals surface area contributed by atoms with Crippen LogP contribution in [-0.2, 0) is 11.3 Å². The number of para-hydroxylation sites is 1. The van der Waals surface area contributed by atoms with Crippen LogP contribution in [0.1, 0.15) is 37.8 Å². The summed E-state index contributed by atoms with van der Waals surface area (Å²) in [4.78, 5) is 13.0. The Morgan fingerprint density at radius 1 is 1.13 bits per heavy atom. The Bertz CT molecular complexity index is 1030. The van der Waals surface area contributed by atoms with E-state index in [0.29, 0.717) is 17.6 Å². The molecule has 3 rings (SSSR count). The lowest BCUT2D eigenvalue weighted by atomic mass is 9.98. The molecule has 0 radical (unpaired) electrons. The molecule has 0 fully saturated rings. The second kappa shape index (κ2) is 9.76. The van der Waals surface area contributed by atoms with Gasteiger partial charge in [-0.2, -0.15) is 0 Å². The summed E-state index contributed by atoms with van der Waals surface area (Å²) in [6.07, 6.45) is 1.81. The lowest BCUT2D eigenvalue weighted by molar-refractivity contribution is -0.115. The number of carbonyl (C=O) groups excluding carboxylic acids is 1. The first-order chi connectivity index (χ1) is 14.4. The molecule has 0 saturated carbocycles. The van der Waals surface area contributed by atoms with Crippen LogP contribution in [0.15, 0.2) is 66.3 Å².